The number of rotatable bonds is 6. The van der Waals surface area contributed by atoms with Gasteiger partial charge in [0.15, 0.2) is 5.78 Å². The Morgan fingerprint density at radius 3 is 2.80 bits per heavy atom. The second-order valence-electron chi connectivity index (χ2n) is 2.14. The largest absolute Gasteiger partial charge is 0.359 e. The minimum absolute atomic E-state index is 0.178. The zero-order valence-corrected chi connectivity index (χ0v) is 6.64. The van der Waals surface area contributed by atoms with Crippen molar-refractivity contribution in [3.63, 3.8) is 0 Å². The van der Waals surface area contributed by atoms with E-state index in [1.807, 2.05) is 6.92 Å². The second kappa shape index (κ2) is 6.71. The fraction of sp³-hybridized carbons (Fsp3) is 0.857. The number of hydrogen-bond acceptors (Lipinski definition) is 3. The summed E-state index contributed by atoms with van der Waals surface area (Å²) in [6.07, 6.45) is 1.53. The van der Waals surface area contributed by atoms with Crippen LogP contribution >= 0.6 is 0 Å². The topological polar surface area (TPSA) is 38.3 Å². The second-order valence-corrected chi connectivity index (χ2v) is 2.14. The molecule has 0 amide bonds. The summed E-state index contributed by atoms with van der Waals surface area (Å²) < 4.78 is 4.94. The first kappa shape index (κ1) is 9.59. The molecule has 0 radical (unpaired) electrons. The Bertz CT molecular complexity index is 93.6. The van der Waals surface area contributed by atoms with E-state index < -0.39 is 0 Å². The lowest BCUT2D eigenvalue weighted by atomic mass is 10.2. The summed E-state index contributed by atoms with van der Waals surface area (Å²) in [6, 6.07) is 0. The molecule has 0 fully saturated rings. The molecule has 0 aromatic heterocycles. The van der Waals surface area contributed by atoms with Gasteiger partial charge < -0.3 is 4.74 Å². The number of nitrogens with one attached hydrogen (secondary N) is 1. The summed E-state index contributed by atoms with van der Waals surface area (Å²) in [5, 5.41) is 2.79. The van der Waals surface area contributed by atoms with Crippen molar-refractivity contribution in [2.45, 2.75) is 19.8 Å². The smallest absolute Gasteiger partial charge is 0.158 e. The number of Topliss-reactive ketones (excluding diaryl/α,β-unsaturated/α-hetero) is 1. The van der Waals surface area contributed by atoms with Crippen molar-refractivity contribution < 1.29 is 9.53 Å². The van der Waals surface area contributed by atoms with Gasteiger partial charge in [-0.15, -0.1) is 0 Å². The lowest BCUT2D eigenvalue weighted by Gasteiger charge is -2.00. The van der Waals surface area contributed by atoms with Crippen molar-refractivity contribution in [3.8, 4) is 0 Å². The van der Waals surface area contributed by atoms with Crippen LogP contribution in [0.2, 0.25) is 0 Å². The summed E-state index contributed by atoms with van der Waals surface area (Å²) >= 11 is 0. The molecule has 0 aliphatic carbocycles. The van der Waals surface area contributed by atoms with Crippen LogP contribution in [-0.4, -0.2) is 26.2 Å². The lowest BCUT2D eigenvalue weighted by Crippen LogP contribution is -2.16. The predicted octanol–water partition coefficient (Wildman–Crippen LogP) is 0.549. The van der Waals surface area contributed by atoms with Crippen LogP contribution < -0.4 is 5.32 Å². The van der Waals surface area contributed by atoms with E-state index in [2.05, 4.69) is 5.32 Å². The molecular formula is C7H15NO2. The monoisotopic (exact) mass is 145 g/mol. The molecule has 0 spiro atoms. The zero-order valence-electron chi connectivity index (χ0n) is 6.64. The van der Waals surface area contributed by atoms with E-state index in [0.717, 1.165) is 6.42 Å². The third-order valence-electron chi connectivity index (χ3n) is 1.04. The maximum atomic E-state index is 10.8. The summed E-state index contributed by atoms with van der Waals surface area (Å²) in [6.45, 7) is 2.68. The van der Waals surface area contributed by atoms with Crippen molar-refractivity contribution in [3.05, 3.63) is 0 Å². The lowest BCUT2D eigenvalue weighted by molar-refractivity contribution is -0.123. The van der Waals surface area contributed by atoms with Gasteiger partial charge in [0.2, 0.25) is 0 Å². The Labute approximate surface area is 61.8 Å². The molecule has 0 rings (SSSR count). The number of hydrogen-bond donors (Lipinski definition) is 1. The molecule has 0 saturated carbocycles. The molecule has 10 heavy (non-hydrogen) atoms. The van der Waals surface area contributed by atoms with Crippen LogP contribution in [0.4, 0.5) is 0 Å². The van der Waals surface area contributed by atoms with Gasteiger partial charge in [-0.3, -0.25) is 10.1 Å². The van der Waals surface area contributed by atoms with Gasteiger partial charge in [0.05, 0.1) is 6.73 Å². The summed E-state index contributed by atoms with van der Waals surface area (Å²) in [5.41, 5.74) is 0. The zero-order chi connectivity index (χ0) is 7.82. The Balaban J connectivity index is 3.05. The van der Waals surface area contributed by atoms with Crippen LogP contribution in [0.3, 0.4) is 0 Å². The quantitative estimate of drug-likeness (QED) is 0.438. The highest BCUT2D eigenvalue weighted by molar-refractivity contribution is 5.79. The van der Waals surface area contributed by atoms with Crippen LogP contribution in [0.5, 0.6) is 0 Å². The van der Waals surface area contributed by atoms with E-state index >= 15 is 0 Å². The molecule has 3 nitrogen and oxygen atoms in total. The molecule has 60 valence electrons. The minimum Gasteiger partial charge on any atom is -0.359 e. The normalized spacial score (nSPS) is 9.80. The fourth-order valence-corrected chi connectivity index (χ4v) is 0.618. The first-order valence-electron chi connectivity index (χ1n) is 3.55. The van der Waals surface area contributed by atoms with E-state index in [0.29, 0.717) is 13.2 Å². The van der Waals surface area contributed by atoms with Crippen molar-refractivity contribution in [1.29, 1.82) is 0 Å². The van der Waals surface area contributed by atoms with Gasteiger partial charge in [0.25, 0.3) is 0 Å². The highest BCUT2D eigenvalue weighted by Crippen LogP contribution is 1.88. The third-order valence-corrected chi connectivity index (χ3v) is 1.04. The third kappa shape index (κ3) is 5.72. The Morgan fingerprint density at radius 2 is 2.30 bits per heavy atom. The van der Waals surface area contributed by atoms with Crippen LogP contribution in [0.15, 0.2) is 0 Å². The van der Waals surface area contributed by atoms with Gasteiger partial charge in [-0.2, -0.15) is 0 Å². The molecule has 0 aliphatic heterocycles. The van der Waals surface area contributed by atoms with E-state index in [1.54, 1.807) is 7.05 Å². The standard InChI is InChI=1S/C7H15NO2/c1-3-4-7(9)5-10-6-8-2/h8H,3-6H2,1-2H3. The maximum absolute atomic E-state index is 10.8. The van der Waals surface area contributed by atoms with Crippen LogP contribution in [0.25, 0.3) is 0 Å². The fourth-order valence-electron chi connectivity index (χ4n) is 0.618. The maximum Gasteiger partial charge on any atom is 0.158 e. The molecular weight excluding hydrogens is 130 g/mol. The SMILES string of the molecule is CCCC(=O)COCNC. The number of carbonyl (C=O) groups is 1. The average molecular weight is 145 g/mol. The van der Waals surface area contributed by atoms with Gasteiger partial charge >= 0.3 is 0 Å². The molecule has 0 atom stereocenters. The molecule has 1 N–H and O–H groups in total. The number of carbonyl (C=O) groups excluding carboxylic acids is 1. The summed E-state index contributed by atoms with van der Waals surface area (Å²) in [7, 11) is 1.78. The predicted molar refractivity (Wildman–Crippen MR) is 39.8 cm³/mol. The summed E-state index contributed by atoms with van der Waals surface area (Å²) in [5.74, 6) is 0.178. The van der Waals surface area contributed by atoms with Gasteiger partial charge in [0, 0.05) is 6.42 Å². The first-order chi connectivity index (χ1) is 4.81. The minimum atomic E-state index is 0.178. The van der Waals surface area contributed by atoms with Gasteiger partial charge in [-0.25, -0.2) is 0 Å². The van der Waals surface area contributed by atoms with Gasteiger partial charge in [-0.05, 0) is 13.5 Å². The Hall–Kier alpha value is -0.410. The van der Waals surface area contributed by atoms with E-state index in [-0.39, 0.29) is 12.4 Å². The Kier molecular flexibility index (Phi) is 6.43. The van der Waals surface area contributed by atoms with Crippen molar-refractivity contribution in [2.75, 3.05) is 20.4 Å². The van der Waals surface area contributed by atoms with E-state index in [9.17, 15) is 4.79 Å². The van der Waals surface area contributed by atoms with Gasteiger partial charge in [0.1, 0.15) is 6.61 Å². The molecule has 0 saturated heterocycles. The van der Waals surface area contributed by atoms with E-state index in [1.165, 1.54) is 0 Å². The van der Waals surface area contributed by atoms with Crippen molar-refractivity contribution in [2.24, 2.45) is 0 Å². The molecule has 0 unspecified atom stereocenters. The number of ether oxygens (including phenoxy) is 1. The Morgan fingerprint density at radius 1 is 1.60 bits per heavy atom. The summed E-state index contributed by atoms with van der Waals surface area (Å²) in [4.78, 5) is 10.8. The molecule has 0 aliphatic rings. The highest BCUT2D eigenvalue weighted by atomic mass is 16.5. The first-order valence-corrected chi connectivity index (χ1v) is 3.55. The van der Waals surface area contributed by atoms with Gasteiger partial charge in [-0.1, -0.05) is 6.92 Å². The average Bonchev–Trinajstić information content (AvgIpc) is 1.89. The molecule has 3 heteroatoms. The number of ketones is 1. The van der Waals surface area contributed by atoms with Crippen LogP contribution in [0.1, 0.15) is 19.8 Å². The molecule has 0 aromatic rings. The highest BCUT2D eigenvalue weighted by Gasteiger charge is 1.97. The van der Waals surface area contributed by atoms with Crippen LogP contribution in [-0.2, 0) is 9.53 Å². The van der Waals surface area contributed by atoms with Crippen molar-refractivity contribution in [1.82, 2.24) is 5.32 Å². The molecule has 0 aromatic carbocycles. The van der Waals surface area contributed by atoms with Crippen molar-refractivity contribution >= 4 is 5.78 Å². The molecule has 0 heterocycles. The van der Waals surface area contributed by atoms with Crippen LogP contribution in [0, 0.1) is 0 Å². The van der Waals surface area contributed by atoms with E-state index in [4.69, 9.17) is 4.74 Å². The molecule has 0 bridgehead atoms.